The van der Waals surface area contributed by atoms with Crippen molar-refractivity contribution < 1.29 is 29.0 Å². The first-order valence-electron chi connectivity index (χ1n) is 20.3. The zero-order valence-electron chi connectivity index (χ0n) is 34.2. The van der Waals surface area contributed by atoms with Crippen LogP contribution in [0.4, 0.5) is 0 Å². The van der Waals surface area contributed by atoms with Gasteiger partial charge in [-0.1, -0.05) is 66.1 Å². The van der Waals surface area contributed by atoms with Crippen LogP contribution in [-0.4, -0.2) is 39.8 Å². The molecule has 5 aliphatic carbocycles. The highest BCUT2D eigenvalue weighted by atomic mass is 35.5. The number of allylic oxidation sites excluding steroid dienone is 3. The van der Waals surface area contributed by atoms with Crippen LogP contribution in [0.3, 0.4) is 0 Å². The minimum Gasteiger partial charge on any atom is -0.481 e. The first kappa shape index (κ1) is 40.7. The number of aliphatic carboxylic acids is 1. The van der Waals surface area contributed by atoms with Crippen LogP contribution in [0.2, 0.25) is 5.02 Å². The lowest BCUT2D eigenvalue weighted by molar-refractivity contribution is -0.221. The summed E-state index contributed by atoms with van der Waals surface area (Å²) in [7, 11) is 0. The molecule has 0 spiro atoms. The zero-order valence-corrected chi connectivity index (χ0v) is 35.0. The van der Waals surface area contributed by atoms with Gasteiger partial charge in [0, 0.05) is 23.4 Å². The zero-order chi connectivity index (χ0) is 39.8. The first-order chi connectivity index (χ1) is 25.0. The van der Waals surface area contributed by atoms with Crippen molar-refractivity contribution in [2.75, 3.05) is 0 Å². The van der Waals surface area contributed by atoms with Gasteiger partial charge in [0.05, 0.1) is 28.6 Å². The molecule has 4 fully saturated rings. The molecule has 1 amide bonds. The van der Waals surface area contributed by atoms with Crippen molar-refractivity contribution in [2.45, 2.75) is 146 Å². The summed E-state index contributed by atoms with van der Waals surface area (Å²) in [5, 5.41) is 13.2. The lowest BCUT2D eigenvalue weighted by Crippen LogP contribution is -2.64. The van der Waals surface area contributed by atoms with E-state index in [4.69, 9.17) is 16.3 Å². The second kappa shape index (κ2) is 13.9. The van der Waals surface area contributed by atoms with Crippen LogP contribution >= 0.6 is 11.6 Å². The van der Waals surface area contributed by atoms with E-state index in [1.807, 2.05) is 13.0 Å². The first-order valence-corrected chi connectivity index (χ1v) is 20.7. The number of esters is 1. The van der Waals surface area contributed by atoms with Gasteiger partial charge in [-0.3, -0.25) is 24.2 Å². The summed E-state index contributed by atoms with van der Waals surface area (Å²) >= 11 is 6.03. The molecule has 1 aromatic heterocycles. The molecular weight excluding hydrogens is 700 g/mol. The van der Waals surface area contributed by atoms with E-state index in [1.54, 1.807) is 32.2 Å². The van der Waals surface area contributed by atoms with Gasteiger partial charge < -0.3 is 15.2 Å². The van der Waals surface area contributed by atoms with Crippen molar-refractivity contribution in [3.8, 4) is 0 Å². The van der Waals surface area contributed by atoms with Crippen molar-refractivity contribution in [1.29, 1.82) is 0 Å². The van der Waals surface area contributed by atoms with E-state index in [0.29, 0.717) is 29.2 Å². The quantitative estimate of drug-likeness (QED) is 0.190. The molecule has 0 aliphatic heterocycles. The van der Waals surface area contributed by atoms with Gasteiger partial charge in [0.2, 0.25) is 5.91 Å². The number of rotatable bonds is 9. The number of hydrogen-bond donors (Lipinski definition) is 2. The van der Waals surface area contributed by atoms with Gasteiger partial charge in [0.15, 0.2) is 5.78 Å². The third-order valence-corrected chi connectivity index (χ3v) is 15.9. The Hall–Kier alpha value is -3.00. The van der Waals surface area contributed by atoms with Crippen molar-refractivity contribution in [1.82, 2.24) is 10.3 Å². The monoisotopic (exact) mass is 762 g/mol. The third kappa shape index (κ3) is 6.58. The molecule has 8 nitrogen and oxygen atoms in total. The van der Waals surface area contributed by atoms with Gasteiger partial charge in [0.25, 0.3) is 0 Å². The summed E-state index contributed by atoms with van der Waals surface area (Å²) in [6.45, 7) is 21.4. The smallest absolute Gasteiger partial charge is 0.309 e. The number of nitrogens with one attached hydrogen (secondary N) is 1. The molecule has 1 heterocycles. The largest absolute Gasteiger partial charge is 0.481 e. The number of pyridine rings is 1. The van der Waals surface area contributed by atoms with E-state index in [2.05, 4.69) is 64.8 Å². The van der Waals surface area contributed by atoms with E-state index in [0.717, 1.165) is 62.6 Å². The topological polar surface area (TPSA) is 123 Å². The predicted molar refractivity (Wildman–Crippen MR) is 210 cm³/mol. The number of halogens is 1. The van der Waals surface area contributed by atoms with E-state index in [1.165, 1.54) is 5.57 Å². The number of Topliss-reactive ketones (excluding diaryl/α,β-unsaturated/α-hetero) is 1. The Bertz CT molecular complexity index is 1760. The van der Waals surface area contributed by atoms with Gasteiger partial charge in [-0.2, -0.15) is 0 Å². The number of carbonyl (C=O) groups is 4. The van der Waals surface area contributed by atoms with E-state index >= 15 is 0 Å². The Kier molecular flexibility index (Phi) is 10.5. The molecule has 9 atom stereocenters. The van der Waals surface area contributed by atoms with Gasteiger partial charge in [-0.05, 0) is 141 Å². The SMILES string of the molecule is CC(C)C1=C2[C@@](/C=C/C(=O)N[C@H](C)c3ccc(Cl)cn3)(CC[C@H]3[C@]4(C)CC[C@H]5C(C)(C)[C@@H](OC(=O)CC(C)(C)C(=O)O)CC[C@]5(C)[C@H]4CC[C@]23C)CC1=O. The number of carboxylic acid groups (broad SMARTS) is 1. The average molecular weight is 763 g/mol. The Balaban J connectivity index is 1.26. The van der Waals surface area contributed by atoms with E-state index in [-0.39, 0.29) is 57.8 Å². The highest BCUT2D eigenvalue weighted by Crippen LogP contribution is 2.76. The molecule has 0 radical (unpaired) electrons. The third-order valence-electron chi connectivity index (χ3n) is 15.7. The molecule has 0 saturated heterocycles. The van der Waals surface area contributed by atoms with Crippen LogP contribution < -0.4 is 5.32 Å². The molecule has 54 heavy (non-hydrogen) atoms. The maximum Gasteiger partial charge on any atom is 0.309 e. The normalized spacial score (nSPS) is 36.6. The highest BCUT2D eigenvalue weighted by molar-refractivity contribution is 6.30. The standard InChI is InChI=1S/C45H63ClN2O6/c1-26(2)37-30(49)23-45(22-17-35(50)48-27(3)29-12-11-28(46)25-47-29)21-15-33-43(9)18-13-31-41(6,7)34(54-36(51)24-40(4,5)39(52)53)16-20-42(31,8)32(43)14-19-44(33,10)38(37)45/h11-12,17,22,25-27,31-34H,13-16,18-21,23-24H2,1-10H3,(H,48,50)(H,52,53)/b22-17+/t27-,31+,32-,33+,34+,42+,43-,44+,45-/m1/s1. The van der Waals surface area contributed by atoms with E-state index < -0.39 is 22.8 Å². The molecule has 0 aromatic carbocycles. The lowest BCUT2D eigenvalue weighted by atomic mass is 9.34. The Morgan fingerprint density at radius 2 is 1.59 bits per heavy atom. The minimum absolute atomic E-state index is 0.0595. The predicted octanol–water partition coefficient (Wildman–Crippen LogP) is 9.86. The average Bonchev–Trinajstić information content (AvgIpc) is 3.38. The Labute approximate surface area is 327 Å². The summed E-state index contributed by atoms with van der Waals surface area (Å²) in [6, 6.07) is 3.30. The molecule has 0 bridgehead atoms. The van der Waals surface area contributed by atoms with Gasteiger partial charge >= 0.3 is 11.9 Å². The number of ketones is 1. The molecule has 6 rings (SSSR count). The van der Waals surface area contributed by atoms with Crippen LogP contribution in [0.15, 0.2) is 41.6 Å². The Morgan fingerprint density at radius 1 is 0.963 bits per heavy atom. The molecule has 296 valence electrons. The maximum absolute atomic E-state index is 14.1. The van der Waals surface area contributed by atoms with Crippen molar-refractivity contribution in [2.24, 2.45) is 56.2 Å². The number of carbonyl (C=O) groups excluding carboxylic acids is 3. The highest BCUT2D eigenvalue weighted by Gasteiger charge is 2.69. The van der Waals surface area contributed by atoms with Crippen LogP contribution in [0.25, 0.3) is 0 Å². The van der Waals surface area contributed by atoms with Crippen molar-refractivity contribution >= 4 is 35.2 Å². The number of carboxylic acids is 1. The second-order valence-corrected chi connectivity index (χ2v) is 20.5. The van der Waals surface area contributed by atoms with Crippen LogP contribution in [-0.2, 0) is 23.9 Å². The summed E-state index contributed by atoms with van der Waals surface area (Å²) < 4.78 is 6.16. The van der Waals surface area contributed by atoms with Crippen LogP contribution in [0, 0.1) is 56.2 Å². The van der Waals surface area contributed by atoms with Crippen LogP contribution in [0.1, 0.15) is 145 Å². The minimum atomic E-state index is -1.17. The summed E-state index contributed by atoms with van der Waals surface area (Å²) in [4.78, 5) is 56.7. The van der Waals surface area contributed by atoms with Gasteiger partial charge in [-0.15, -0.1) is 0 Å². The fourth-order valence-electron chi connectivity index (χ4n) is 13.2. The molecule has 0 unspecified atom stereocenters. The number of nitrogens with zero attached hydrogens (tertiary/aromatic N) is 1. The molecule has 4 saturated carbocycles. The fourth-order valence-corrected chi connectivity index (χ4v) is 13.3. The summed E-state index contributed by atoms with van der Waals surface area (Å²) in [5.41, 5.74) is 1.09. The summed E-state index contributed by atoms with van der Waals surface area (Å²) in [5.74, 6) is -0.0365. The lowest BCUT2D eigenvalue weighted by Gasteiger charge is -2.70. The molecule has 2 N–H and O–H groups in total. The van der Waals surface area contributed by atoms with Gasteiger partial charge in [-0.25, -0.2) is 0 Å². The summed E-state index contributed by atoms with van der Waals surface area (Å²) in [6.07, 6.45) is 13.1. The van der Waals surface area contributed by atoms with Crippen molar-refractivity contribution in [3.05, 3.63) is 52.3 Å². The van der Waals surface area contributed by atoms with E-state index in [9.17, 15) is 24.3 Å². The number of amides is 1. The second-order valence-electron chi connectivity index (χ2n) is 20.1. The maximum atomic E-state index is 14.1. The molecule has 9 heteroatoms. The number of ether oxygens (including phenoxy) is 1. The molecular formula is C45H63ClN2O6. The number of fused-ring (bicyclic) bond motifs is 7. The number of aromatic nitrogens is 1. The van der Waals surface area contributed by atoms with Crippen LogP contribution in [0.5, 0.6) is 0 Å². The molecule has 5 aliphatic rings. The van der Waals surface area contributed by atoms with Crippen molar-refractivity contribution in [3.63, 3.8) is 0 Å². The van der Waals surface area contributed by atoms with Gasteiger partial charge in [0.1, 0.15) is 6.10 Å². The fraction of sp³-hybridized carbons (Fsp3) is 0.711. The Morgan fingerprint density at radius 3 is 2.22 bits per heavy atom. The number of hydrogen-bond acceptors (Lipinski definition) is 6. The molecule has 1 aromatic rings.